The van der Waals surface area contributed by atoms with Crippen LogP contribution in [0.1, 0.15) is 52.0 Å². The largest absolute Gasteiger partial charge is 0.481 e. The number of carboxylic acid groups (broad SMARTS) is 1. The highest BCUT2D eigenvalue weighted by Gasteiger charge is 2.31. The van der Waals surface area contributed by atoms with Crippen LogP contribution in [0.2, 0.25) is 0 Å². The van der Waals surface area contributed by atoms with Crippen molar-refractivity contribution in [2.45, 2.75) is 52.7 Å². The van der Waals surface area contributed by atoms with E-state index in [1.165, 1.54) is 7.11 Å². The summed E-state index contributed by atoms with van der Waals surface area (Å²) in [5, 5.41) is 9.87. The Kier molecular flexibility index (Phi) is 5.72. The Morgan fingerprint density at radius 3 is 2.08 bits per heavy atom. The Balaban J connectivity index is 3.35. The Morgan fingerprint density at radius 1 is 1.08 bits per heavy atom. The number of hydrogen-bond donors (Lipinski definition) is 1. The summed E-state index contributed by atoms with van der Waals surface area (Å²) >= 11 is 0. The van der Waals surface area contributed by atoms with Gasteiger partial charge in [-0.05, 0) is 41.5 Å². The summed E-state index contributed by atoms with van der Waals surface area (Å²) in [7, 11) is 1.32. The number of hydroxylamine groups is 1. The van der Waals surface area contributed by atoms with Gasteiger partial charge in [0.15, 0.2) is 5.69 Å². The lowest BCUT2D eigenvalue weighted by molar-refractivity contribution is -0.0374. The van der Waals surface area contributed by atoms with Gasteiger partial charge in [-0.25, -0.2) is 14.6 Å². The standard InChI is InChI=1S/C15H23N3O6/c1-14(2,3)23-13(21)18(24-15(4,5)6)12-16-9(11(19)20)8-10(17-12)22-7/h8H,1-7H3,(H,19,20). The molecule has 0 bridgehead atoms. The van der Waals surface area contributed by atoms with Crippen LogP contribution in [0, 0.1) is 0 Å². The Bertz CT molecular complexity index is 619. The summed E-state index contributed by atoms with van der Waals surface area (Å²) in [4.78, 5) is 37.0. The molecular formula is C15H23N3O6. The molecule has 0 atom stereocenters. The molecular weight excluding hydrogens is 318 g/mol. The van der Waals surface area contributed by atoms with Crippen LogP contribution in [-0.2, 0) is 9.57 Å². The fourth-order valence-corrected chi connectivity index (χ4v) is 1.45. The van der Waals surface area contributed by atoms with E-state index in [0.29, 0.717) is 0 Å². The fourth-order valence-electron chi connectivity index (χ4n) is 1.45. The highest BCUT2D eigenvalue weighted by atomic mass is 16.7. The summed E-state index contributed by atoms with van der Waals surface area (Å²) in [6, 6.07) is 1.14. The first kappa shape index (κ1) is 19.6. The number of nitrogens with zero attached hydrogens (tertiary/aromatic N) is 3. The number of methoxy groups -OCH3 is 1. The van der Waals surface area contributed by atoms with Gasteiger partial charge in [0.25, 0.3) is 5.95 Å². The molecule has 0 aliphatic rings. The van der Waals surface area contributed by atoms with Gasteiger partial charge in [-0.2, -0.15) is 4.98 Å². The van der Waals surface area contributed by atoms with Gasteiger partial charge >= 0.3 is 12.1 Å². The van der Waals surface area contributed by atoms with E-state index in [1.54, 1.807) is 41.5 Å². The second kappa shape index (κ2) is 7.00. The average molecular weight is 341 g/mol. The predicted molar refractivity (Wildman–Crippen MR) is 85.1 cm³/mol. The van der Waals surface area contributed by atoms with Crippen molar-refractivity contribution in [2.24, 2.45) is 0 Å². The third kappa shape index (κ3) is 5.99. The van der Waals surface area contributed by atoms with E-state index in [4.69, 9.17) is 19.4 Å². The number of aromatic nitrogens is 2. The average Bonchev–Trinajstić information content (AvgIpc) is 2.41. The van der Waals surface area contributed by atoms with Gasteiger partial charge < -0.3 is 14.6 Å². The smallest absolute Gasteiger partial charge is 0.442 e. The van der Waals surface area contributed by atoms with Gasteiger partial charge in [-0.1, -0.05) is 0 Å². The molecule has 9 heteroatoms. The number of aromatic carboxylic acids is 1. The van der Waals surface area contributed by atoms with Gasteiger partial charge in [0.05, 0.1) is 12.7 Å². The van der Waals surface area contributed by atoms with Crippen LogP contribution in [-0.4, -0.2) is 45.4 Å². The van der Waals surface area contributed by atoms with Crippen molar-refractivity contribution in [3.05, 3.63) is 11.8 Å². The molecule has 0 unspecified atom stereocenters. The molecule has 9 nitrogen and oxygen atoms in total. The van der Waals surface area contributed by atoms with Crippen LogP contribution in [0.4, 0.5) is 10.7 Å². The number of amides is 1. The summed E-state index contributed by atoms with van der Waals surface area (Å²) in [5.74, 6) is -1.61. The quantitative estimate of drug-likeness (QED) is 0.832. The van der Waals surface area contributed by atoms with Crippen molar-refractivity contribution in [1.82, 2.24) is 9.97 Å². The number of carbonyl (C=O) groups is 2. The molecule has 0 aliphatic carbocycles. The summed E-state index contributed by atoms with van der Waals surface area (Å²) in [6.07, 6.45) is -0.873. The van der Waals surface area contributed by atoms with Gasteiger partial charge in [0.1, 0.15) is 5.60 Å². The van der Waals surface area contributed by atoms with Crippen LogP contribution in [0.3, 0.4) is 0 Å². The lowest BCUT2D eigenvalue weighted by Gasteiger charge is -2.30. The lowest BCUT2D eigenvalue weighted by atomic mass is 10.2. The second-order valence-electron chi connectivity index (χ2n) is 6.88. The molecule has 24 heavy (non-hydrogen) atoms. The molecule has 1 aromatic heterocycles. The highest BCUT2D eigenvalue weighted by molar-refractivity contribution is 5.88. The minimum absolute atomic E-state index is 0.0246. The first-order chi connectivity index (χ1) is 10.8. The molecule has 0 saturated carbocycles. The number of carboxylic acids is 1. The Labute approximate surface area is 140 Å². The van der Waals surface area contributed by atoms with Gasteiger partial charge in [0.2, 0.25) is 5.88 Å². The van der Waals surface area contributed by atoms with E-state index in [1.807, 2.05) is 0 Å². The van der Waals surface area contributed by atoms with Gasteiger partial charge in [0, 0.05) is 6.07 Å². The zero-order chi connectivity index (χ0) is 18.7. The molecule has 134 valence electrons. The molecule has 0 aliphatic heterocycles. The molecule has 0 radical (unpaired) electrons. The van der Waals surface area contributed by atoms with E-state index in [-0.39, 0.29) is 17.5 Å². The summed E-state index contributed by atoms with van der Waals surface area (Å²) in [5.41, 5.74) is -1.92. The molecule has 1 rings (SSSR count). The van der Waals surface area contributed by atoms with Crippen molar-refractivity contribution in [3.63, 3.8) is 0 Å². The first-order valence-electron chi connectivity index (χ1n) is 7.21. The third-order valence-corrected chi connectivity index (χ3v) is 2.23. The molecule has 0 fully saturated rings. The van der Waals surface area contributed by atoms with E-state index in [2.05, 4.69) is 9.97 Å². The van der Waals surface area contributed by atoms with E-state index >= 15 is 0 Å². The normalized spacial score (nSPS) is 11.8. The van der Waals surface area contributed by atoms with Crippen LogP contribution in [0.25, 0.3) is 0 Å². The first-order valence-corrected chi connectivity index (χ1v) is 7.21. The highest BCUT2D eigenvalue weighted by Crippen LogP contribution is 2.22. The molecule has 0 aromatic carbocycles. The minimum Gasteiger partial charge on any atom is -0.481 e. The van der Waals surface area contributed by atoms with Crippen LogP contribution < -0.4 is 9.80 Å². The molecule has 1 amide bonds. The number of anilines is 1. The predicted octanol–water partition coefficient (Wildman–Crippen LogP) is 2.66. The maximum absolute atomic E-state index is 12.4. The molecule has 1 N–H and O–H groups in total. The topological polar surface area (TPSA) is 111 Å². The van der Waals surface area contributed by atoms with E-state index in [9.17, 15) is 9.59 Å². The van der Waals surface area contributed by atoms with Crippen molar-refractivity contribution in [1.29, 1.82) is 0 Å². The molecule has 0 saturated heterocycles. The third-order valence-electron chi connectivity index (χ3n) is 2.23. The van der Waals surface area contributed by atoms with Crippen molar-refractivity contribution in [2.75, 3.05) is 12.2 Å². The van der Waals surface area contributed by atoms with Crippen LogP contribution in [0.15, 0.2) is 6.07 Å². The summed E-state index contributed by atoms with van der Waals surface area (Å²) < 4.78 is 10.2. The van der Waals surface area contributed by atoms with E-state index < -0.39 is 23.3 Å². The Morgan fingerprint density at radius 2 is 1.67 bits per heavy atom. The van der Waals surface area contributed by atoms with E-state index in [0.717, 1.165) is 11.1 Å². The maximum atomic E-state index is 12.4. The van der Waals surface area contributed by atoms with Crippen LogP contribution >= 0.6 is 0 Å². The molecule has 1 aromatic rings. The Hall–Kier alpha value is -2.42. The number of ether oxygens (including phenoxy) is 2. The SMILES string of the molecule is COc1cc(C(=O)O)nc(N(OC(C)(C)C)C(=O)OC(C)(C)C)n1. The van der Waals surface area contributed by atoms with Crippen molar-refractivity contribution >= 4 is 18.0 Å². The minimum atomic E-state index is -1.29. The second-order valence-corrected chi connectivity index (χ2v) is 6.88. The van der Waals surface area contributed by atoms with Crippen LogP contribution in [0.5, 0.6) is 5.88 Å². The molecule has 1 heterocycles. The van der Waals surface area contributed by atoms with Gasteiger partial charge in [-0.3, -0.25) is 4.84 Å². The molecule has 0 spiro atoms. The monoisotopic (exact) mass is 341 g/mol. The zero-order valence-corrected chi connectivity index (χ0v) is 14.9. The number of hydrogen-bond acceptors (Lipinski definition) is 7. The van der Waals surface area contributed by atoms with Gasteiger partial charge in [-0.15, -0.1) is 5.06 Å². The lowest BCUT2D eigenvalue weighted by Crippen LogP contribution is -2.42. The number of carbonyl (C=O) groups excluding carboxylic acids is 1. The number of rotatable bonds is 4. The fraction of sp³-hybridized carbons (Fsp3) is 0.600. The van der Waals surface area contributed by atoms with Crippen molar-refractivity contribution < 1.29 is 29.0 Å². The zero-order valence-electron chi connectivity index (χ0n) is 14.9. The summed E-state index contributed by atoms with van der Waals surface area (Å²) in [6.45, 7) is 10.2. The maximum Gasteiger partial charge on any atom is 0.442 e. The van der Waals surface area contributed by atoms with Crippen molar-refractivity contribution in [3.8, 4) is 5.88 Å².